The maximum atomic E-state index is 5.49. The van der Waals surface area contributed by atoms with Gasteiger partial charge < -0.3 is 14.8 Å². The van der Waals surface area contributed by atoms with E-state index in [-0.39, 0.29) is 0 Å². The second-order valence-corrected chi connectivity index (χ2v) is 4.60. The summed E-state index contributed by atoms with van der Waals surface area (Å²) in [5.41, 5.74) is 1.72. The first kappa shape index (κ1) is 15.1. The van der Waals surface area contributed by atoms with Crippen molar-refractivity contribution < 1.29 is 9.47 Å². The maximum Gasteiger partial charge on any atom is 0.170 e. The van der Waals surface area contributed by atoms with Gasteiger partial charge in [-0.05, 0) is 18.6 Å². The van der Waals surface area contributed by atoms with Gasteiger partial charge in [-0.2, -0.15) is 0 Å². The molecule has 5 heteroatoms. The minimum absolute atomic E-state index is 0.684. The number of para-hydroxylation sites is 1. The average Bonchev–Trinajstić information content (AvgIpc) is 2.53. The summed E-state index contributed by atoms with van der Waals surface area (Å²) in [5.74, 6) is 3.00. The first-order valence-electron chi connectivity index (χ1n) is 7.00. The second-order valence-electron chi connectivity index (χ2n) is 4.60. The normalized spacial score (nSPS) is 10.3. The van der Waals surface area contributed by atoms with Gasteiger partial charge in [-0.1, -0.05) is 13.0 Å². The van der Waals surface area contributed by atoms with Gasteiger partial charge in [-0.3, -0.25) is 0 Å². The third-order valence-corrected chi connectivity index (χ3v) is 3.18. The Bertz CT molecular complexity index is 614. The quantitative estimate of drug-likeness (QED) is 0.884. The molecular formula is C16H21N3O2. The highest BCUT2D eigenvalue weighted by Gasteiger charge is 2.14. The Morgan fingerprint density at radius 3 is 2.57 bits per heavy atom. The van der Waals surface area contributed by atoms with Crippen molar-refractivity contribution in [2.45, 2.75) is 19.8 Å². The molecule has 21 heavy (non-hydrogen) atoms. The number of hydrogen-bond donors (Lipinski definition) is 1. The highest BCUT2D eigenvalue weighted by atomic mass is 16.5. The lowest BCUT2D eigenvalue weighted by Gasteiger charge is -2.13. The predicted octanol–water partition coefficient (Wildman–Crippen LogP) is 3.16. The van der Waals surface area contributed by atoms with Crippen LogP contribution in [0.5, 0.6) is 11.5 Å². The lowest BCUT2D eigenvalue weighted by atomic mass is 10.1. The molecule has 0 saturated carbocycles. The van der Waals surface area contributed by atoms with E-state index in [2.05, 4.69) is 22.2 Å². The Labute approximate surface area is 125 Å². The lowest BCUT2D eigenvalue weighted by molar-refractivity contribution is 0.356. The molecule has 0 bridgehead atoms. The van der Waals surface area contributed by atoms with Crippen molar-refractivity contribution in [2.75, 3.05) is 26.6 Å². The molecule has 2 rings (SSSR count). The molecule has 112 valence electrons. The topological polar surface area (TPSA) is 56.3 Å². The molecule has 2 aromatic rings. The van der Waals surface area contributed by atoms with E-state index in [1.165, 1.54) is 0 Å². The number of methoxy groups -OCH3 is 2. The molecule has 1 aromatic heterocycles. The summed E-state index contributed by atoms with van der Waals surface area (Å²) < 4.78 is 10.8. The molecule has 0 atom stereocenters. The molecule has 1 heterocycles. The van der Waals surface area contributed by atoms with E-state index in [0.29, 0.717) is 11.5 Å². The maximum absolute atomic E-state index is 5.49. The zero-order chi connectivity index (χ0) is 15.2. The number of ether oxygens (including phenoxy) is 2. The van der Waals surface area contributed by atoms with Gasteiger partial charge >= 0.3 is 0 Å². The molecule has 0 aliphatic heterocycles. The van der Waals surface area contributed by atoms with E-state index in [9.17, 15) is 0 Å². The number of benzene rings is 1. The van der Waals surface area contributed by atoms with E-state index in [0.717, 1.165) is 35.7 Å². The molecule has 0 saturated heterocycles. The molecule has 0 aliphatic carbocycles. The van der Waals surface area contributed by atoms with Gasteiger partial charge in [-0.15, -0.1) is 0 Å². The molecule has 0 unspecified atom stereocenters. The van der Waals surface area contributed by atoms with Crippen molar-refractivity contribution in [2.24, 2.45) is 0 Å². The number of aromatic nitrogens is 2. The van der Waals surface area contributed by atoms with Crippen LogP contribution in [0.4, 0.5) is 5.82 Å². The zero-order valence-electron chi connectivity index (χ0n) is 12.9. The Kier molecular flexibility index (Phi) is 4.98. The van der Waals surface area contributed by atoms with Gasteiger partial charge in [0.2, 0.25) is 0 Å². The first-order valence-corrected chi connectivity index (χ1v) is 7.00. The van der Waals surface area contributed by atoms with Crippen LogP contribution in [-0.4, -0.2) is 31.2 Å². The van der Waals surface area contributed by atoms with Gasteiger partial charge in [0.05, 0.1) is 19.9 Å². The fourth-order valence-electron chi connectivity index (χ4n) is 2.19. The number of rotatable bonds is 6. The zero-order valence-corrected chi connectivity index (χ0v) is 12.9. The van der Waals surface area contributed by atoms with Crippen molar-refractivity contribution in [3.05, 3.63) is 30.1 Å². The summed E-state index contributed by atoms with van der Waals surface area (Å²) >= 11 is 0. The molecule has 0 radical (unpaired) electrons. The summed E-state index contributed by atoms with van der Waals surface area (Å²) in [7, 11) is 5.11. The van der Waals surface area contributed by atoms with Crippen molar-refractivity contribution in [3.8, 4) is 22.8 Å². The van der Waals surface area contributed by atoms with Crippen molar-refractivity contribution >= 4 is 5.82 Å². The van der Waals surface area contributed by atoms with Crippen LogP contribution >= 0.6 is 0 Å². The number of nitrogens with zero attached hydrogens (tertiary/aromatic N) is 2. The number of nitrogens with one attached hydrogen (secondary N) is 1. The molecule has 0 spiro atoms. The fourth-order valence-corrected chi connectivity index (χ4v) is 2.19. The van der Waals surface area contributed by atoms with Gasteiger partial charge in [0, 0.05) is 25.1 Å². The van der Waals surface area contributed by atoms with E-state index >= 15 is 0 Å². The monoisotopic (exact) mass is 287 g/mol. The molecule has 0 amide bonds. The lowest BCUT2D eigenvalue weighted by Crippen LogP contribution is -2.02. The van der Waals surface area contributed by atoms with E-state index in [1.807, 2.05) is 31.3 Å². The van der Waals surface area contributed by atoms with E-state index in [4.69, 9.17) is 9.47 Å². The van der Waals surface area contributed by atoms with Gasteiger partial charge in [-0.25, -0.2) is 9.97 Å². The van der Waals surface area contributed by atoms with E-state index < -0.39 is 0 Å². The molecule has 5 nitrogen and oxygen atoms in total. The van der Waals surface area contributed by atoms with E-state index in [1.54, 1.807) is 14.2 Å². The average molecular weight is 287 g/mol. The minimum atomic E-state index is 0.684. The van der Waals surface area contributed by atoms with Crippen LogP contribution in [0.1, 0.15) is 19.2 Å². The fraction of sp³-hybridized carbons (Fsp3) is 0.375. The third kappa shape index (κ3) is 3.24. The van der Waals surface area contributed by atoms with Crippen LogP contribution in [0.15, 0.2) is 24.3 Å². The number of aryl methyl sites for hydroxylation is 1. The Balaban J connectivity index is 2.57. The van der Waals surface area contributed by atoms with Crippen LogP contribution in [0, 0.1) is 0 Å². The first-order chi connectivity index (χ1) is 10.2. The number of hydrogen-bond acceptors (Lipinski definition) is 5. The number of anilines is 1. The van der Waals surface area contributed by atoms with Gasteiger partial charge in [0.15, 0.2) is 11.5 Å². The second kappa shape index (κ2) is 6.92. The highest BCUT2D eigenvalue weighted by molar-refractivity contribution is 5.72. The minimum Gasteiger partial charge on any atom is -0.493 e. The Morgan fingerprint density at radius 1 is 1.14 bits per heavy atom. The summed E-state index contributed by atoms with van der Waals surface area (Å²) in [6.07, 6.45) is 1.84. The van der Waals surface area contributed by atoms with Crippen molar-refractivity contribution in [1.82, 2.24) is 9.97 Å². The smallest absolute Gasteiger partial charge is 0.170 e. The van der Waals surface area contributed by atoms with Crippen molar-refractivity contribution in [3.63, 3.8) is 0 Å². The van der Waals surface area contributed by atoms with Crippen LogP contribution in [0.3, 0.4) is 0 Å². The van der Waals surface area contributed by atoms with Gasteiger partial charge in [0.1, 0.15) is 11.6 Å². The Morgan fingerprint density at radius 2 is 1.95 bits per heavy atom. The molecule has 1 aromatic carbocycles. The SMILES string of the molecule is CCCc1nc(NC)cc(-c2cccc(OC)c2OC)n1. The van der Waals surface area contributed by atoms with Crippen molar-refractivity contribution in [1.29, 1.82) is 0 Å². The van der Waals surface area contributed by atoms with Gasteiger partial charge in [0.25, 0.3) is 0 Å². The van der Waals surface area contributed by atoms with Crippen LogP contribution in [-0.2, 0) is 6.42 Å². The summed E-state index contributed by atoms with van der Waals surface area (Å²) in [4.78, 5) is 9.11. The molecule has 1 N–H and O–H groups in total. The molecular weight excluding hydrogens is 266 g/mol. The molecule has 0 fully saturated rings. The van der Waals surface area contributed by atoms with Crippen LogP contribution in [0.25, 0.3) is 11.3 Å². The largest absolute Gasteiger partial charge is 0.493 e. The van der Waals surface area contributed by atoms with Crippen LogP contribution < -0.4 is 14.8 Å². The summed E-state index contributed by atoms with van der Waals surface area (Å²) in [6, 6.07) is 7.68. The summed E-state index contributed by atoms with van der Waals surface area (Å²) in [5, 5.41) is 3.08. The van der Waals surface area contributed by atoms with Crippen LogP contribution in [0.2, 0.25) is 0 Å². The third-order valence-electron chi connectivity index (χ3n) is 3.18. The summed E-state index contributed by atoms with van der Waals surface area (Å²) in [6.45, 7) is 2.11. The molecule has 0 aliphatic rings. The predicted molar refractivity (Wildman–Crippen MR) is 84.1 cm³/mol. The standard InChI is InChI=1S/C16H21N3O2/c1-5-7-14-18-12(10-15(17-2)19-14)11-8-6-9-13(20-3)16(11)21-4/h6,8-10H,5,7H2,1-4H3,(H,17,18,19). The highest BCUT2D eigenvalue weighted by Crippen LogP contribution is 2.37. The Hall–Kier alpha value is -2.30.